The highest BCUT2D eigenvalue weighted by Gasteiger charge is 2.59. The molecule has 40 heavy (non-hydrogen) atoms. The van der Waals surface area contributed by atoms with Gasteiger partial charge < -0.3 is 29.5 Å². The summed E-state index contributed by atoms with van der Waals surface area (Å²) in [4.78, 5) is 37.0. The van der Waals surface area contributed by atoms with E-state index in [9.17, 15) is 22.8 Å². The van der Waals surface area contributed by atoms with Crippen molar-refractivity contribution in [3.63, 3.8) is 0 Å². The number of carbonyl (C=O) groups excluding carboxylic acids is 2. The molecule has 1 aliphatic carbocycles. The predicted octanol–water partition coefficient (Wildman–Crippen LogP) is 1.94. The maximum atomic E-state index is 14.4. The number of nitrogens with one attached hydrogen (secondary N) is 1. The van der Waals surface area contributed by atoms with E-state index in [0.29, 0.717) is 69.9 Å². The molecule has 2 amide bonds. The molecule has 0 aromatic carbocycles. The normalized spacial score (nSPS) is 30.5. The Morgan fingerprint density at radius 1 is 1.30 bits per heavy atom. The number of rotatable bonds is 7. The second-order valence-corrected chi connectivity index (χ2v) is 12.0. The van der Waals surface area contributed by atoms with Crippen LogP contribution in [0.2, 0.25) is 0 Å². The minimum atomic E-state index is -4.49. The predicted molar refractivity (Wildman–Crippen MR) is 140 cm³/mol. The number of ether oxygens (including phenoxy) is 2. The van der Waals surface area contributed by atoms with Crippen LogP contribution < -0.4 is 5.32 Å². The minimum Gasteiger partial charge on any atom is -0.379 e. The van der Waals surface area contributed by atoms with Gasteiger partial charge in [-0.15, -0.1) is 0 Å². The van der Waals surface area contributed by atoms with Crippen LogP contribution in [0, 0.1) is 11.3 Å². The van der Waals surface area contributed by atoms with Gasteiger partial charge in [0.05, 0.1) is 23.7 Å². The summed E-state index contributed by atoms with van der Waals surface area (Å²) in [7, 11) is 5.52. The second-order valence-electron chi connectivity index (χ2n) is 12.0. The highest BCUT2D eigenvalue weighted by atomic mass is 19.4. The van der Waals surface area contributed by atoms with Crippen LogP contribution in [0.15, 0.2) is 12.3 Å². The zero-order valence-electron chi connectivity index (χ0n) is 23.5. The molecule has 0 radical (unpaired) electrons. The Bertz CT molecular complexity index is 1100. The van der Waals surface area contributed by atoms with Crippen molar-refractivity contribution in [3.8, 4) is 0 Å². The topological polar surface area (TPSA) is 87.2 Å². The molecule has 4 heterocycles. The molecule has 9 nitrogen and oxygen atoms in total. The number of methoxy groups -OCH3 is 1. The van der Waals surface area contributed by atoms with E-state index in [1.54, 1.807) is 12.0 Å². The quantitative estimate of drug-likeness (QED) is 0.539. The van der Waals surface area contributed by atoms with Crippen LogP contribution in [0.4, 0.5) is 13.2 Å². The van der Waals surface area contributed by atoms with Crippen molar-refractivity contribution in [2.24, 2.45) is 11.3 Å². The van der Waals surface area contributed by atoms with E-state index in [4.69, 9.17) is 9.47 Å². The first kappa shape index (κ1) is 29.2. The summed E-state index contributed by atoms with van der Waals surface area (Å²) in [6, 6.07) is 1.31. The Labute approximate surface area is 233 Å². The lowest BCUT2D eigenvalue weighted by molar-refractivity contribution is -0.144. The monoisotopic (exact) mass is 567 g/mol. The standard InChI is InChI=1S/C28H40F3N5O4/c1-34(2)7-5-25(37)36-15-20-11-21(33-23-6-9-40-16-24(23)39-3)12-27(20,17-36)26(38)35-8-4-22-18(14-35)10-19(13-32-22)28(29,30)31/h10,13,20-21,23-24,33H,4-9,11-12,14-17H2,1-3H3. The molecule has 1 saturated carbocycles. The smallest absolute Gasteiger partial charge is 0.379 e. The number of likely N-dealkylation sites (tertiary alicyclic amines) is 1. The number of aromatic nitrogens is 1. The number of fused-ring (bicyclic) bond motifs is 2. The zero-order chi connectivity index (χ0) is 28.7. The molecular weight excluding hydrogens is 527 g/mol. The van der Waals surface area contributed by atoms with E-state index >= 15 is 0 Å². The van der Waals surface area contributed by atoms with Gasteiger partial charge in [-0.05, 0) is 50.9 Å². The van der Waals surface area contributed by atoms with E-state index in [-0.39, 0.29) is 42.5 Å². The largest absolute Gasteiger partial charge is 0.417 e. The van der Waals surface area contributed by atoms with Crippen molar-refractivity contribution < 1.29 is 32.2 Å². The van der Waals surface area contributed by atoms with E-state index in [2.05, 4.69) is 10.3 Å². The lowest BCUT2D eigenvalue weighted by Crippen LogP contribution is -2.52. The Hall–Kier alpha value is -2.28. The fourth-order valence-corrected chi connectivity index (χ4v) is 7.00. The maximum Gasteiger partial charge on any atom is 0.417 e. The van der Waals surface area contributed by atoms with Gasteiger partial charge in [-0.25, -0.2) is 0 Å². The van der Waals surface area contributed by atoms with Crippen LogP contribution in [0.1, 0.15) is 42.5 Å². The number of alkyl halides is 3. The SMILES string of the molecule is COC1COCCC1NC1CC2CN(C(=O)CCN(C)C)CC2(C(=O)N2CCc3ncc(C(F)(F)F)cc3C2)C1. The molecule has 0 bridgehead atoms. The fraction of sp³-hybridized carbons (Fsp3) is 0.750. The van der Waals surface area contributed by atoms with E-state index in [1.807, 2.05) is 23.9 Å². The number of amides is 2. The van der Waals surface area contributed by atoms with Gasteiger partial charge in [-0.1, -0.05) is 0 Å². The summed E-state index contributed by atoms with van der Waals surface area (Å²) in [6.07, 6.45) is -0.766. The number of halogens is 3. The molecule has 2 saturated heterocycles. The Kier molecular flexibility index (Phi) is 8.43. The average molecular weight is 568 g/mol. The fourth-order valence-electron chi connectivity index (χ4n) is 7.00. The Morgan fingerprint density at radius 3 is 2.83 bits per heavy atom. The summed E-state index contributed by atoms with van der Waals surface area (Å²) in [5.74, 6) is -0.0580. The molecule has 5 rings (SSSR count). The van der Waals surface area contributed by atoms with E-state index in [1.165, 1.54) is 0 Å². The first-order valence-corrected chi connectivity index (χ1v) is 14.1. The molecule has 1 aromatic heterocycles. The van der Waals surface area contributed by atoms with Crippen molar-refractivity contribution in [1.29, 1.82) is 0 Å². The number of carbonyl (C=O) groups is 2. The zero-order valence-corrected chi connectivity index (χ0v) is 23.5. The lowest BCUT2D eigenvalue weighted by Gasteiger charge is -2.37. The molecule has 1 N–H and O–H groups in total. The van der Waals surface area contributed by atoms with Crippen LogP contribution in [0.5, 0.6) is 0 Å². The third-order valence-electron chi connectivity index (χ3n) is 9.14. The average Bonchev–Trinajstić information content (AvgIpc) is 3.45. The summed E-state index contributed by atoms with van der Waals surface area (Å²) in [6.45, 7) is 3.14. The molecule has 5 atom stereocenters. The molecule has 4 aliphatic rings. The van der Waals surface area contributed by atoms with Gasteiger partial charge in [-0.3, -0.25) is 14.6 Å². The summed E-state index contributed by atoms with van der Waals surface area (Å²) >= 11 is 0. The number of hydrogen-bond donors (Lipinski definition) is 1. The van der Waals surface area contributed by atoms with Crippen LogP contribution >= 0.6 is 0 Å². The Morgan fingerprint density at radius 2 is 2.10 bits per heavy atom. The first-order chi connectivity index (χ1) is 19.0. The van der Waals surface area contributed by atoms with E-state index in [0.717, 1.165) is 25.1 Å². The van der Waals surface area contributed by atoms with Gasteiger partial charge in [0, 0.05) is 83.3 Å². The van der Waals surface area contributed by atoms with Gasteiger partial charge in [0.15, 0.2) is 0 Å². The van der Waals surface area contributed by atoms with Crippen molar-refractivity contribution in [2.45, 2.75) is 63.0 Å². The van der Waals surface area contributed by atoms with Crippen LogP contribution in [-0.4, -0.2) is 110 Å². The summed E-state index contributed by atoms with van der Waals surface area (Å²) in [5.41, 5.74) is -0.526. The van der Waals surface area contributed by atoms with Crippen molar-refractivity contribution >= 4 is 11.8 Å². The molecule has 1 aromatic rings. The van der Waals surface area contributed by atoms with Crippen LogP contribution in [0.3, 0.4) is 0 Å². The summed E-state index contributed by atoms with van der Waals surface area (Å²) in [5, 5.41) is 3.73. The van der Waals surface area contributed by atoms with Crippen molar-refractivity contribution in [3.05, 3.63) is 29.1 Å². The molecule has 12 heteroatoms. The lowest BCUT2D eigenvalue weighted by atomic mass is 9.78. The van der Waals surface area contributed by atoms with Crippen LogP contribution in [-0.2, 0) is 38.2 Å². The second kappa shape index (κ2) is 11.5. The number of pyridine rings is 1. The molecule has 3 fully saturated rings. The maximum absolute atomic E-state index is 14.4. The number of nitrogens with zero attached hydrogens (tertiary/aromatic N) is 4. The third-order valence-corrected chi connectivity index (χ3v) is 9.14. The van der Waals surface area contributed by atoms with Gasteiger partial charge in [-0.2, -0.15) is 13.2 Å². The van der Waals surface area contributed by atoms with Gasteiger partial charge in [0.25, 0.3) is 0 Å². The summed E-state index contributed by atoms with van der Waals surface area (Å²) < 4.78 is 51.3. The van der Waals surface area contributed by atoms with E-state index < -0.39 is 17.2 Å². The van der Waals surface area contributed by atoms with Crippen molar-refractivity contribution in [2.75, 3.05) is 60.6 Å². The van der Waals surface area contributed by atoms with Gasteiger partial charge in [0.1, 0.15) is 0 Å². The highest BCUT2D eigenvalue weighted by molar-refractivity contribution is 5.86. The molecular formula is C28H40F3N5O4. The molecule has 5 unspecified atom stereocenters. The number of hydrogen-bond acceptors (Lipinski definition) is 7. The molecule has 3 aliphatic heterocycles. The highest BCUT2D eigenvalue weighted by Crippen LogP contribution is 2.51. The third kappa shape index (κ3) is 5.86. The molecule has 0 spiro atoms. The Balaban J connectivity index is 1.36. The van der Waals surface area contributed by atoms with Gasteiger partial charge in [0.2, 0.25) is 11.8 Å². The van der Waals surface area contributed by atoms with Crippen LogP contribution in [0.25, 0.3) is 0 Å². The molecule has 222 valence electrons. The first-order valence-electron chi connectivity index (χ1n) is 14.1. The van der Waals surface area contributed by atoms with Gasteiger partial charge >= 0.3 is 6.18 Å². The van der Waals surface area contributed by atoms with Crippen molar-refractivity contribution in [1.82, 2.24) is 25.0 Å². The minimum absolute atomic E-state index is 0.0253.